The van der Waals surface area contributed by atoms with E-state index in [1.807, 2.05) is 12.3 Å². The Kier molecular flexibility index (Phi) is 6.52. The lowest BCUT2D eigenvalue weighted by molar-refractivity contribution is 0.0323. The number of hydrogen-bond acceptors (Lipinski definition) is 8. The molecule has 10 heteroatoms. The van der Waals surface area contributed by atoms with Crippen molar-refractivity contribution in [1.29, 1.82) is 0 Å². The van der Waals surface area contributed by atoms with Crippen LogP contribution in [0.1, 0.15) is 18.7 Å². The number of halogens is 2. The van der Waals surface area contributed by atoms with Gasteiger partial charge in [-0.2, -0.15) is 0 Å². The normalized spacial score (nSPS) is 24.7. The Morgan fingerprint density at radius 1 is 1.43 bits per heavy atom. The number of rotatable bonds is 7. The summed E-state index contributed by atoms with van der Waals surface area (Å²) in [6.07, 6.45) is 7.78. The fourth-order valence-electron chi connectivity index (χ4n) is 4.01. The van der Waals surface area contributed by atoms with E-state index in [2.05, 4.69) is 30.8 Å². The second kappa shape index (κ2) is 9.30. The maximum absolute atomic E-state index is 14.5. The Morgan fingerprint density at radius 3 is 3.10 bits per heavy atom. The van der Waals surface area contributed by atoms with Gasteiger partial charge < -0.3 is 25.8 Å². The molecular formula is C20H26ClFN6O2. The van der Waals surface area contributed by atoms with Gasteiger partial charge in [-0.3, -0.25) is 4.90 Å². The van der Waals surface area contributed by atoms with Gasteiger partial charge in [0.25, 0.3) is 0 Å². The maximum atomic E-state index is 14.5. The Hall–Kier alpha value is -2.20. The molecule has 3 aliphatic heterocycles. The van der Waals surface area contributed by atoms with Crippen molar-refractivity contribution in [3.05, 3.63) is 46.9 Å². The van der Waals surface area contributed by atoms with Crippen LogP contribution in [0.15, 0.2) is 35.3 Å². The number of aliphatic hydroxyl groups excluding tert-OH is 1. The first-order valence-electron chi connectivity index (χ1n) is 10.0. The van der Waals surface area contributed by atoms with Crippen molar-refractivity contribution in [3.63, 3.8) is 0 Å². The molecule has 1 saturated heterocycles. The molecule has 0 aliphatic carbocycles. The molecule has 2 unspecified atom stereocenters. The quantitative estimate of drug-likeness (QED) is 0.509. The van der Waals surface area contributed by atoms with Crippen LogP contribution in [0.5, 0.6) is 0 Å². The molecule has 0 aromatic carbocycles. The van der Waals surface area contributed by atoms with Crippen LogP contribution in [-0.4, -0.2) is 71.6 Å². The van der Waals surface area contributed by atoms with Gasteiger partial charge in [0.15, 0.2) is 17.5 Å². The average Bonchev–Trinajstić information content (AvgIpc) is 3.13. The van der Waals surface area contributed by atoms with Crippen LogP contribution >= 0.6 is 11.6 Å². The monoisotopic (exact) mass is 436 g/mol. The first kappa shape index (κ1) is 21.0. The summed E-state index contributed by atoms with van der Waals surface area (Å²) in [6.45, 7) is 2.42. The Labute approximate surface area is 179 Å². The minimum Gasteiger partial charge on any atom is -0.389 e. The van der Waals surface area contributed by atoms with E-state index in [0.29, 0.717) is 30.6 Å². The molecule has 0 spiro atoms. The zero-order chi connectivity index (χ0) is 21.1. The average molecular weight is 437 g/mol. The molecule has 162 valence electrons. The molecule has 1 aromatic heterocycles. The summed E-state index contributed by atoms with van der Waals surface area (Å²) in [5, 5.41) is 20.1. The van der Waals surface area contributed by atoms with E-state index in [-0.39, 0.29) is 18.0 Å². The number of hydrogen-bond donors (Lipinski definition) is 4. The smallest absolute Gasteiger partial charge is 0.183 e. The first-order valence-corrected chi connectivity index (χ1v) is 10.4. The third kappa shape index (κ3) is 4.75. The number of ether oxygens (including phenoxy) is 1. The van der Waals surface area contributed by atoms with Gasteiger partial charge in [0.05, 0.1) is 23.9 Å². The second-order valence-corrected chi connectivity index (χ2v) is 8.13. The van der Waals surface area contributed by atoms with Crippen LogP contribution in [0.25, 0.3) is 5.57 Å². The van der Waals surface area contributed by atoms with E-state index in [1.54, 1.807) is 13.3 Å². The summed E-state index contributed by atoms with van der Waals surface area (Å²) >= 11 is 6.11. The van der Waals surface area contributed by atoms with Gasteiger partial charge in [-0.25, -0.2) is 14.4 Å². The molecule has 0 radical (unpaired) electrons. The zero-order valence-electron chi connectivity index (χ0n) is 16.7. The van der Waals surface area contributed by atoms with Gasteiger partial charge in [0.1, 0.15) is 6.17 Å². The van der Waals surface area contributed by atoms with E-state index in [9.17, 15) is 9.50 Å². The Bertz CT molecular complexity index is 877. The molecule has 4 N–H and O–H groups in total. The van der Waals surface area contributed by atoms with Crippen LogP contribution in [0.3, 0.4) is 0 Å². The highest BCUT2D eigenvalue weighted by atomic mass is 35.5. The molecule has 0 saturated carbocycles. The minimum atomic E-state index is -0.538. The number of methoxy groups -OCH3 is 1. The van der Waals surface area contributed by atoms with Crippen LogP contribution in [0.4, 0.5) is 10.2 Å². The van der Waals surface area contributed by atoms with Crippen molar-refractivity contribution in [2.24, 2.45) is 0 Å². The predicted molar refractivity (Wildman–Crippen MR) is 113 cm³/mol. The number of allylic oxidation sites excluding steroid dienone is 2. The number of nitrogens with zero attached hydrogens (tertiary/aromatic N) is 3. The fourth-order valence-corrected chi connectivity index (χ4v) is 4.20. The SMILES string of the molecule is COCC(O)CN1CCC[C@H](Nc2nc(C3=CNC4NC=C(Cl)C=C34)ncc2F)C1. The van der Waals surface area contributed by atoms with Gasteiger partial charge >= 0.3 is 0 Å². The first-order chi connectivity index (χ1) is 14.5. The van der Waals surface area contributed by atoms with Gasteiger partial charge in [-0.15, -0.1) is 0 Å². The number of nitrogens with one attached hydrogen (secondary N) is 3. The van der Waals surface area contributed by atoms with Crippen molar-refractivity contribution in [1.82, 2.24) is 25.5 Å². The minimum absolute atomic E-state index is 0.0297. The molecule has 30 heavy (non-hydrogen) atoms. The summed E-state index contributed by atoms with van der Waals surface area (Å²) in [5.74, 6) is 0.114. The molecule has 4 heterocycles. The van der Waals surface area contributed by atoms with Crippen molar-refractivity contribution in [2.75, 3.05) is 38.7 Å². The van der Waals surface area contributed by atoms with Gasteiger partial charge in [-0.1, -0.05) is 11.6 Å². The van der Waals surface area contributed by atoms with Gasteiger partial charge in [-0.05, 0) is 25.5 Å². The highest BCUT2D eigenvalue weighted by Crippen LogP contribution is 2.31. The lowest BCUT2D eigenvalue weighted by Gasteiger charge is -2.34. The van der Waals surface area contributed by atoms with Crippen LogP contribution in [-0.2, 0) is 4.74 Å². The van der Waals surface area contributed by atoms with Crippen molar-refractivity contribution in [2.45, 2.75) is 31.2 Å². The highest BCUT2D eigenvalue weighted by molar-refractivity contribution is 6.31. The van der Waals surface area contributed by atoms with Crippen molar-refractivity contribution >= 4 is 23.0 Å². The summed E-state index contributed by atoms with van der Waals surface area (Å²) in [4.78, 5) is 10.8. The third-order valence-electron chi connectivity index (χ3n) is 5.36. The van der Waals surface area contributed by atoms with Gasteiger partial charge in [0, 0.05) is 49.8 Å². The number of anilines is 1. The molecule has 1 aromatic rings. The molecule has 8 nitrogen and oxygen atoms in total. The second-order valence-electron chi connectivity index (χ2n) is 7.70. The van der Waals surface area contributed by atoms with E-state index in [1.165, 1.54) is 6.20 Å². The third-order valence-corrected chi connectivity index (χ3v) is 5.58. The van der Waals surface area contributed by atoms with Crippen LogP contribution in [0.2, 0.25) is 0 Å². The number of likely N-dealkylation sites (tertiary alicyclic amines) is 1. The van der Waals surface area contributed by atoms with Crippen LogP contribution in [0, 0.1) is 5.82 Å². The number of aliphatic hydroxyl groups is 1. The lowest BCUT2D eigenvalue weighted by atomic mass is 10.0. The summed E-state index contributed by atoms with van der Waals surface area (Å²) in [5.41, 5.74) is 1.69. The van der Waals surface area contributed by atoms with Crippen molar-refractivity contribution < 1.29 is 14.2 Å². The number of β-amino-alcohol motifs (C(OH)–C–C–N with tert-alkyl or cyclic N) is 1. The van der Waals surface area contributed by atoms with E-state index >= 15 is 0 Å². The highest BCUT2D eigenvalue weighted by Gasteiger charge is 2.28. The lowest BCUT2D eigenvalue weighted by Crippen LogP contribution is -2.46. The number of aromatic nitrogens is 2. The molecule has 0 bridgehead atoms. The molecule has 1 fully saturated rings. The predicted octanol–water partition coefficient (Wildman–Crippen LogP) is 1.38. The fraction of sp³-hybridized carbons (Fsp3) is 0.500. The van der Waals surface area contributed by atoms with E-state index < -0.39 is 11.9 Å². The van der Waals surface area contributed by atoms with Crippen molar-refractivity contribution in [3.8, 4) is 0 Å². The van der Waals surface area contributed by atoms with Crippen LogP contribution < -0.4 is 16.0 Å². The molecule has 3 atom stereocenters. The molecular weight excluding hydrogens is 411 g/mol. The topological polar surface area (TPSA) is 94.6 Å². The molecule has 3 aliphatic rings. The number of dihydropyridines is 1. The summed E-state index contributed by atoms with van der Waals surface area (Å²) in [7, 11) is 1.57. The standard InChI is InChI=1S/C20H26ClFN6O2/c1-30-11-14(29)10-28-4-2-3-13(9-28)26-20-17(22)8-25-19(27-20)16-7-24-18-15(16)5-12(21)6-23-18/h5-8,13-14,18,23-24,29H,2-4,9-11H2,1H3,(H,25,26,27)/t13-,14?,18?/m0/s1. The van der Waals surface area contributed by atoms with E-state index in [4.69, 9.17) is 16.3 Å². The van der Waals surface area contributed by atoms with Gasteiger partial charge in [0.2, 0.25) is 0 Å². The molecule has 4 rings (SSSR count). The Morgan fingerprint density at radius 2 is 2.27 bits per heavy atom. The maximum Gasteiger partial charge on any atom is 0.183 e. The largest absolute Gasteiger partial charge is 0.389 e. The molecule has 0 amide bonds. The number of piperidine rings is 1. The van der Waals surface area contributed by atoms with E-state index in [0.717, 1.165) is 30.5 Å². The Balaban J connectivity index is 1.46. The summed E-state index contributed by atoms with van der Waals surface area (Å²) in [6, 6.07) is 0.0297. The number of fused-ring (bicyclic) bond motifs is 1. The summed E-state index contributed by atoms with van der Waals surface area (Å²) < 4.78 is 19.5. The zero-order valence-corrected chi connectivity index (χ0v) is 17.5.